The molecule has 1 N–H and O–H groups in total. The lowest BCUT2D eigenvalue weighted by molar-refractivity contribution is -0.130. The highest BCUT2D eigenvalue weighted by atomic mass is 19.1. The van der Waals surface area contributed by atoms with Crippen LogP contribution in [0.25, 0.3) is 11.4 Å². The zero-order valence-electron chi connectivity index (χ0n) is 12.5. The summed E-state index contributed by atoms with van der Waals surface area (Å²) >= 11 is 0. The van der Waals surface area contributed by atoms with Gasteiger partial charge >= 0.3 is 0 Å². The molecule has 1 heterocycles. The van der Waals surface area contributed by atoms with Gasteiger partial charge in [-0.2, -0.15) is 4.98 Å². The van der Waals surface area contributed by atoms with Gasteiger partial charge in [0.2, 0.25) is 17.6 Å². The van der Waals surface area contributed by atoms with Crippen molar-refractivity contribution in [2.45, 2.75) is 19.8 Å². The van der Waals surface area contributed by atoms with Crippen molar-refractivity contribution in [2.75, 3.05) is 20.2 Å². The summed E-state index contributed by atoms with van der Waals surface area (Å²) in [4.78, 5) is 17.3. The maximum atomic E-state index is 13.5. The normalized spacial score (nSPS) is 10.7. The molecular weight excluding hydrogens is 289 g/mol. The summed E-state index contributed by atoms with van der Waals surface area (Å²) in [5.74, 6) is 0.173. The largest absolute Gasteiger partial charge is 0.395 e. The van der Waals surface area contributed by atoms with E-state index in [4.69, 9.17) is 9.63 Å². The van der Waals surface area contributed by atoms with Gasteiger partial charge in [-0.3, -0.25) is 4.79 Å². The highest BCUT2D eigenvalue weighted by Crippen LogP contribution is 2.19. The van der Waals surface area contributed by atoms with Crippen LogP contribution in [0.2, 0.25) is 0 Å². The number of hydrogen-bond donors (Lipinski definition) is 1. The number of aliphatic hydroxyl groups excluding tert-OH is 1. The van der Waals surface area contributed by atoms with E-state index in [-0.39, 0.29) is 31.3 Å². The Hall–Kier alpha value is -2.28. The van der Waals surface area contributed by atoms with Crippen LogP contribution in [-0.4, -0.2) is 46.3 Å². The van der Waals surface area contributed by atoms with Crippen LogP contribution >= 0.6 is 0 Å². The average Bonchev–Trinajstić information content (AvgIpc) is 2.96. The summed E-state index contributed by atoms with van der Waals surface area (Å²) in [6, 6.07) is 4.71. The molecule has 0 aliphatic carbocycles. The van der Waals surface area contributed by atoms with E-state index in [2.05, 4.69) is 10.1 Å². The second kappa shape index (κ2) is 7.13. The number of nitrogens with zero attached hydrogens (tertiary/aromatic N) is 3. The fourth-order valence-corrected chi connectivity index (χ4v) is 1.89. The summed E-state index contributed by atoms with van der Waals surface area (Å²) in [6.45, 7) is 1.89. The highest BCUT2D eigenvalue weighted by Gasteiger charge is 2.13. The van der Waals surface area contributed by atoms with E-state index >= 15 is 0 Å². The van der Waals surface area contributed by atoms with E-state index in [1.165, 1.54) is 11.0 Å². The van der Waals surface area contributed by atoms with E-state index in [9.17, 15) is 9.18 Å². The number of carbonyl (C=O) groups is 1. The van der Waals surface area contributed by atoms with E-state index in [1.807, 2.05) is 0 Å². The standard InChI is InChI=1S/C15H18FN3O3/c1-10-3-4-11(9-12(10)16)15-17-13(22-18-15)5-6-14(21)19(2)7-8-20/h3-4,9,20H,5-8H2,1-2H3. The molecule has 0 bridgehead atoms. The first-order chi connectivity index (χ1) is 10.5. The molecule has 0 saturated heterocycles. The Balaban J connectivity index is 1.99. The fourth-order valence-electron chi connectivity index (χ4n) is 1.89. The summed E-state index contributed by atoms with van der Waals surface area (Å²) in [5.41, 5.74) is 1.08. The molecule has 6 nitrogen and oxygen atoms in total. The molecule has 0 aliphatic rings. The lowest BCUT2D eigenvalue weighted by atomic mass is 10.1. The minimum absolute atomic E-state index is 0.0774. The molecule has 0 atom stereocenters. The number of aliphatic hydroxyl groups is 1. The summed E-state index contributed by atoms with van der Waals surface area (Å²) in [6.07, 6.45) is 0.510. The Labute approximate surface area is 127 Å². The molecule has 0 saturated carbocycles. The summed E-state index contributed by atoms with van der Waals surface area (Å²) in [5, 5.41) is 12.6. The van der Waals surface area contributed by atoms with Crippen molar-refractivity contribution in [1.29, 1.82) is 0 Å². The molecule has 1 aromatic heterocycles. The number of carbonyl (C=O) groups excluding carboxylic acids is 1. The number of halogens is 1. The van der Waals surface area contributed by atoms with Gasteiger partial charge in [-0.15, -0.1) is 0 Å². The number of aryl methyl sites for hydroxylation is 2. The molecule has 2 aromatic rings. The van der Waals surface area contributed by atoms with Gasteiger partial charge in [0.1, 0.15) is 5.82 Å². The molecule has 0 aliphatic heterocycles. The van der Waals surface area contributed by atoms with Gasteiger partial charge < -0.3 is 14.5 Å². The molecule has 2 rings (SSSR count). The first kappa shape index (κ1) is 16.1. The third-order valence-corrected chi connectivity index (χ3v) is 3.31. The summed E-state index contributed by atoms with van der Waals surface area (Å²) < 4.78 is 18.6. The maximum Gasteiger partial charge on any atom is 0.227 e. The van der Waals surface area contributed by atoms with Gasteiger partial charge in [0.25, 0.3) is 0 Å². The predicted octanol–water partition coefficient (Wildman–Crippen LogP) is 1.57. The Bertz CT molecular complexity index is 657. The van der Waals surface area contributed by atoms with Crippen molar-refractivity contribution in [3.63, 3.8) is 0 Å². The fraction of sp³-hybridized carbons (Fsp3) is 0.400. The number of rotatable bonds is 6. The Morgan fingerprint density at radius 2 is 2.23 bits per heavy atom. The van der Waals surface area contributed by atoms with Crippen LogP contribution in [0.4, 0.5) is 4.39 Å². The molecule has 7 heteroatoms. The van der Waals surface area contributed by atoms with E-state index in [0.29, 0.717) is 29.3 Å². The smallest absolute Gasteiger partial charge is 0.227 e. The zero-order chi connectivity index (χ0) is 16.1. The topological polar surface area (TPSA) is 79.5 Å². The second-order valence-electron chi connectivity index (χ2n) is 5.01. The van der Waals surface area contributed by atoms with Gasteiger partial charge in [0, 0.05) is 32.0 Å². The summed E-state index contributed by atoms with van der Waals surface area (Å²) in [7, 11) is 1.62. The molecule has 118 valence electrons. The molecular formula is C15H18FN3O3. The van der Waals surface area contributed by atoms with Crippen LogP contribution in [0, 0.1) is 12.7 Å². The van der Waals surface area contributed by atoms with Crippen LogP contribution in [0.5, 0.6) is 0 Å². The second-order valence-corrected chi connectivity index (χ2v) is 5.01. The average molecular weight is 307 g/mol. The first-order valence-electron chi connectivity index (χ1n) is 6.95. The lowest BCUT2D eigenvalue weighted by Gasteiger charge is -2.14. The number of hydrogen-bond acceptors (Lipinski definition) is 5. The van der Waals surface area contributed by atoms with Crippen LogP contribution < -0.4 is 0 Å². The van der Waals surface area contributed by atoms with Crippen LogP contribution in [0.15, 0.2) is 22.7 Å². The minimum atomic E-state index is -0.329. The molecule has 0 spiro atoms. The Morgan fingerprint density at radius 3 is 2.91 bits per heavy atom. The van der Waals surface area contributed by atoms with Gasteiger partial charge in [0.05, 0.1) is 6.61 Å². The molecule has 0 radical (unpaired) electrons. The quantitative estimate of drug-likeness (QED) is 0.876. The van der Waals surface area contributed by atoms with Gasteiger partial charge in [-0.05, 0) is 18.6 Å². The number of amides is 1. The van der Waals surface area contributed by atoms with Gasteiger partial charge in [-0.25, -0.2) is 4.39 Å². The van der Waals surface area contributed by atoms with Crippen molar-refractivity contribution < 1.29 is 18.8 Å². The monoisotopic (exact) mass is 307 g/mol. The first-order valence-corrected chi connectivity index (χ1v) is 6.95. The Kier molecular flexibility index (Phi) is 5.21. The van der Waals surface area contributed by atoms with Crippen LogP contribution in [0.1, 0.15) is 17.9 Å². The molecule has 0 unspecified atom stereocenters. The molecule has 0 fully saturated rings. The maximum absolute atomic E-state index is 13.5. The molecule has 1 aromatic carbocycles. The SMILES string of the molecule is Cc1ccc(-c2noc(CCC(=O)N(C)CCO)n2)cc1F. The van der Waals surface area contributed by atoms with E-state index in [0.717, 1.165) is 0 Å². The van der Waals surface area contributed by atoms with E-state index in [1.54, 1.807) is 26.1 Å². The van der Waals surface area contributed by atoms with Crippen LogP contribution in [-0.2, 0) is 11.2 Å². The van der Waals surface area contributed by atoms with Crippen LogP contribution in [0.3, 0.4) is 0 Å². The number of likely N-dealkylation sites (N-methyl/N-ethyl adjacent to an activating group) is 1. The van der Waals surface area contributed by atoms with Gasteiger partial charge in [0.15, 0.2) is 0 Å². The minimum Gasteiger partial charge on any atom is -0.395 e. The predicted molar refractivity (Wildman–Crippen MR) is 77.5 cm³/mol. The zero-order valence-corrected chi connectivity index (χ0v) is 12.5. The van der Waals surface area contributed by atoms with Crippen molar-refractivity contribution >= 4 is 5.91 Å². The third-order valence-electron chi connectivity index (χ3n) is 3.31. The number of aromatic nitrogens is 2. The molecule has 22 heavy (non-hydrogen) atoms. The lowest BCUT2D eigenvalue weighted by Crippen LogP contribution is -2.29. The number of benzene rings is 1. The van der Waals surface area contributed by atoms with Crippen molar-refractivity contribution in [3.8, 4) is 11.4 Å². The van der Waals surface area contributed by atoms with Gasteiger partial charge in [-0.1, -0.05) is 17.3 Å². The van der Waals surface area contributed by atoms with E-state index < -0.39 is 0 Å². The van der Waals surface area contributed by atoms with Crippen molar-refractivity contribution in [2.24, 2.45) is 0 Å². The molecule has 1 amide bonds. The van der Waals surface area contributed by atoms with Crippen molar-refractivity contribution in [1.82, 2.24) is 15.0 Å². The highest BCUT2D eigenvalue weighted by molar-refractivity contribution is 5.76. The Morgan fingerprint density at radius 1 is 1.45 bits per heavy atom. The van der Waals surface area contributed by atoms with Crippen molar-refractivity contribution in [3.05, 3.63) is 35.5 Å². The third kappa shape index (κ3) is 3.88.